The Bertz CT molecular complexity index is 299. The van der Waals surface area contributed by atoms with Gasteiger partial charge in [0.2, 0.25) is 5.91 Å². The fraction of sp³-hybridized carbons (Fsp3) is 0.857. The highest BCUT2D eigenvalue weighted by molar-refractivity contribution is 5.78. The van der Waals surface area contributed by atoms with Crippen molar-refractivity contribution in [1.82, 2.24) is 5.32 Å². The van der Waals surface area contributed by atoms with E-state index in [2.05, 4.69) is 5.32 Å². The molecule has 1 rings (SSSR count). The van der Waals surface area contributed by atoms with Crippen LogP contribution in [0.25, 0.3) is 0 Å². The maximum Gasteiger partial charge on any atom is 0.303 e. The van der Waals surface area contributed by atoms with E-state index in [9.17, 15) is 9.59 Å². The van der Waals surface area contributed by atoms with Gasteiger partial charge in [-0.3, -0.25) is 9.59 Å². The SMILES string of the molecule is CC(CCNC(=O)C1CCC(N)CC1)CCC(=O)O. The van der Waals surface area contributed by atoms with E-state index in [0.717, 1.165) is 32.1 Å². The maximum absolute atomic E-state index is 11.9. The Morgan fingerprint density at radius 2 is 1.89 bits per heavy atom. The summed E-state index contributed by atoms with van der Waals surface area (Å²) in [6, 6.07) is 0.264. The number of hydrogen-bond acceptors (Lipinski definition) is 3. The summed E-state index contributed by atoms with van der Waals surface area (Å²) in [5, 5.41) is 11.5. The molecule has 110 valence electrons. The van der Waals surface area contributed by atoms with Gasteiger partial charge < -0.3 is 16.2 Å². The minimum Gasteiger partial charge on any atom is -0.481 e. The van der Waals surface area contributed by atoms with Gasteiger partial charge in [0, 0.05) is 24.9 Å². The lowest BCUT2D eigenvalue weighted by Crippen LogP contribution is -2.36. The molecule has 1 aliphatic carbocycles. The quantitative estimate of drug-likeness (QED) is 0.654. The maximum atomic E-state index is 11.9. The summed E-state index contributed by atoms with van der Waals surface area (Å²) in [4.78, 5) is 22.3. The van der Waals surface area contributed by atoms with Crippen molar-refractivity contribution in [3.05, 3.63) is 0 Å². The summed E-state index contributed by atoms with van der Waals surface area (Å²) in [6.45, 7) is 2.66. The molecule has 0 aromatic carbocycles. The first-order chi connectivity index (χ1) is 8.99. The zero-order valence-corrected chi connectivity index (χ0v) is 11.7. The summed E-state index contributed by atoms with van der Waals surface area (Å²) >= 11 is 0. The van der Waals surface area contributed by atoms with Gasteiger partial charge in [0.1, 0.15) is 0 Å². The van der Waals surface area contributed by atoms with Gasteiger partial charge in [0.05, 0.1) is 0 Å². The van der Waals surface area contributed by atoms with Crippen molar-refractivity contribution < 1.29 is 14.7 Å². The largest absolute Gasteiger partial charge is 0.481 e. The Morgan fingerprint density at radius 3 is 2.47 bits per heavy atom. The number of aliphatic carboxylic acids is 1. The zero-order valence-electron chi connectivity index (χ0n) is 11.7. The summed E-state index contributed by atoms with van der Waals surface area (Å²) in [5.41, 5.74) is 5.82. The van der Waals surface area contributed by atoms with E-state index in [1.807, 2.05) is 6.92 Å². The molecule has 1 amide bonds. The van der Waals surface area contributed by atoms with Crippen molar-refractivity contribution in [3.63, 3.8) is 0 Å². The molecule has 0 aromatic rings. The monoisotopic (exact) mass is 270 g/mol. The van der Waals surface area contributed by atoms with Crippen molar-refractivity contribution in [1.29, 1.82) is 0 Å². The fourth-order valence-corrected chi connectivity index (χ4v) is 2.48. The summed E-state index contributed by atoms with van der Waals surface area (Å²) in [6.07, 6.45) is 5.37. The number of carboxylic acids is 1. The molecule has 5 nitrogen and oxygen atoms in total. The highest BCUT2D eigenvalue weighted by Gasteiger charge is 2.24. The van der Waals surface area contributed by atoms with E-state index < -0.39 is 5.97 Å². The van der Waals surface area contributed by atoms with Crippen LogP contribution < -0.4 is 11.1 Å². The van der Waals surface area contributed by atoms with Gasteiger partial charge in [0.15, 0.2) is 0 Å². The first-order valence-electron chi connectivity index (χ1n) is 7.24. The van der Waals surface area contributed by atoms with E-state index in [1.54, 1.807) is 0 Å². The van der Waals surface area contributed by atoms with Crippen LogP contribution >= 0.6 is 0 Å². The van der Waals surface area contributed by atoms with Gasteiger partial charge in [-0.2, -0.15) is 0 Å². The van der Waals surface area contributed by atoms with Crippen LogP contribution in [0.4, 0.5) is 0 Å². The molecule has 0 bridgehead atoms. The number of nitrogens with one attached hydrogen (secondary N) is 1. The first kappa shape index (κ1) is 16.0. The molecule has 1 aliphatic rings. The van der Waals surface area contributed by atoms with Crippen LogP contribution in [0.3, 0.4) is 0 Å². The second kappa shape index (κ2) is 8.15. The molecule has 0 heterocycles. The number of carboxylic acid groups (broad SMARTS) is 1. The average molecular weight is 270 g/mol. The first-order valence-corrected chi connectivity index (χ1v) is 7.24. The van der Waals surface area contributed by atoms with Gasteiger partial charge in [-0.25, -0.2) is 0 Å². The molecule has 1 atom stereocenters. The van der Waals surface area contributed by atoms with Crippen molar-refractivity contribution in [2.45, 2.75) is 57.9 Å². The van der Waals surface area contributed by atoms with Gasteiger partial charge in [-0.15, -0.1) is 0 Å². The number of carbonyl (C=O) groups is 2. The minimum atomic E-state index is -0.755. The lowest BCUT2D eigenvalue weighted by molar-refractivity contribution is -0.137. The normalized spacial score (nSPS) is 24.7. The lowest BCUT2D eigenvalue weighted by atomic mass is 9.86. The van der Waals surface area contributed by atoms with Gasteiger partial charge >= 0.3 is 5.97 Å². The van der Waals surface area contributed by atoms with Gasteiger partial charge in [-0.1, -0.05) is 6.92 Å². The van der Waals surface area contributed by atoms with E-state index >= 15 is 0 Å². The predicted octanol–water partition coefficient (Wildman–Crippen LogP) is 1.51. The van der Waals surface area contributed by atoms with Crippen LogP contribution in [0.1, 0.15) is 51.9 Å². The van der Waals surface area contributed by atoms with Gasteiger partial charge in [-0.05, 0) is 44.4 Å². The summed E-state index contributed by atoms with van der Waals surface area (Å²) < 4.78 is 0. The fourth-order valence-electron chi connectivity index (χ4n) is 2.48. The van der Waals surface area contributed by atoms with E-state index in [4.69, 9.17) is 10.8 Å². The van der Waals surface area contributed by atoms with Crippen LogP contribution in [0.15, 0.2) is 0 Å². The second-order valence-electron chi connectivity index (χ2n) is 5.73. The predicted molar refractivity (Wildman–Crippen MR) is 73.6 cm³/mol. The van der Waals surface area contributed by atoms with E-state index in [-0.39, 0.29) is 24.3 Å². The molecule has 19 heavy (non-hydrogen) atoms. The molecule has 1 unspecified atom stereocenters. The van der Waals surface area contributed by atoms with Crippen molar-refractivity contribution in [3.8, 4) is 0 Å². The van der Waals surface area contributed by atoms with Crippen LogP contribution in [0.5, 0.6) is 0 Å². The van der Waals surface area contributed by atoms with Crippen molar-refractivity contribution in [2.24, 2.45) is 17.6 Å². The van der Waals surface area contributed by atoms with Crippen LogP contribution in [0, 0.1) is 11.8 Å². The van der Waals surface area contributed by atoms with Crippen molar-refractivity contribution in [2.75, 3.05) is 6.54 Å². The Kier molecular flexibility index (Phi) is 6.84. The minimum absolute atomic E-state index is 0.120. The molecular weight excluding hydrogens is 244 g/mol. The lowest BCUT2D eigenvalue weighted by Gasteiger charge is -2.25. The summed E-state index contributed by atoms with van der Waals surface area (Å²) in [7, 11) is 0. The smallest absolute Gasteiger partial charge is 0.303 e. The molecule has 0 aliphatic heterocycles. The third-order valence-electron chi connectivity index (χ3n) is 3.93. The zero-order chi connectivity index (χ0) is 14.3. The molecular formula is C14H26N2O3. The molecule has 5 heteroatoms. The van der Waals surface area contributed by atoms with Crippen LogP contribution in [-0.4, -0.2) is 29.6 Å². The Balaban J connectivity index is 2.11. The third-order valence-corrected chi connectivity index (χ3v) is 3.93. The standard InChI is InChI=1S/C14H26N2O3/c1-10(2-7-13(17)18)8-9-16-14(19)11-3-5-12(15)6-4-11/h10-12H,2-9,15H2,1H3,(H,16,19)(H,17,18). The molecule has 1 fully saturated rings. The molecule has 1 saturated carbocycles. The highest BCUT2D eigenvalue weighted by Crippen LogP contribution is 2.23. The number of amides is 1. The molecule has 0 saturated heterocycles. The number of rotatable bonds is 7. The van der Waals surface area contributed by atoms with Crippen LogP contribution in [-0.2, 0) is 9.59 Å². The van der Waals surface area contributed by atoms with E-state index in [0.29, 0.717) is 18.9 Å². The summed E-state index contributed by atoms with van der Waals surface area (Å²) in [5.74, 6) is -0.169. The van der Waals surface area contributed by atoms with Crippen LogP contribution in [0.2, 0.25) is 0 Å². The van der Waals surface area contributed by atoms with Crippen molar-refractivity contribution >= 4 is 11.9 Å². The number of carbonyl (C=O) groups excluding carboxylic acids is 1. The molecule has 0 aromatic heterocycles. The Morgan fingerprint density at radius 1 is 1.26 bits per heavy atom. The number of hydrogen-bond donors (Lipinski definition) is 3. The molecule has 0 spiro atoms. The van der Waals surface area contributed by atoms with E-state index in [1.165, 1.54) is 0 Å². The topological polar surface area (TPSA) is 92.4 Å². The Labute approximate surface area is 114 Å². The third kappa shape index (κ3) is 6.57. The average Bonchev–Trinajstić information content (AvgIpc) is 2.37. The molecule has 4 N–H and O–H groups in total. The number of nitrogens with two attached hydrogens (primary N) is 1. The molecule has 0 radical (unpaired) electrons. The highest BCUT2D eigenvalue weighted by atomic mass is 16.4. The Hall–Kier alpha value is -1.10. The van der Waals surface area contributed by atoms with Gasteiger partial charge in [0.25, 0.3) is 0 Å². The second-order valence-corrected chi connectivity index (χ2v) is 5.73.